The second-order valence-corrected chi connectivity index (χ2v) is 5.18. The van der Waals surface area contributed by atoms with Crippen molar-refractivity contribution in [3.05, 3.63) is 35.6 Å². The first kappa shape index (κ1) is 12.7. The molecule has 3 nitrogen and oxygen atoms in total. The van der Waals surface area contributed by atoms with Crippen molar-refractivity contribution >= 4 is 11.8 Å². The number of hydrogen-bond acceptors (Lipinski definition) is 3. The van der Waals surface area contributed by atoms with Crippen LogP contribution in [0.3, 0.4) is 0 Å². The highest BCUT2D eigenvalue weighted by molar-refractivity contribution is 6.03. The van der Waals surface area contributed by atoms with Crippen LogP contribution in [0.15, 0.2) is 24.3 Å². The molecule has 1 saturated heterocycles. The number of ether oxygens (including phenoxy) is 1. The second kappa shape index (κ2) is 4.19. The van der Waals surface area contributed by atoms with E-state index in [-0.39, 0.29) is 11.6 Å². The number of cyclic esters (lactones) is 1. The summed E-state index contributed by atoms with van der Waals surface area (Å²) in [6, 6.07) is 5.67. The molecule has 2 atom stereocenters. The van der Waals surface area contributed by atoms with Crippen molar-refractivity contribution in [3.8, 4) is 0 Å². The molecule has 0 aromatic heterocycles. The minimum atomic E-state index is -0.800. The molecule has 1 heterocycles. The fourth-order valence-corrected chi connectivity index (χ4v) is 2.28. The molecule has 18 heavy (non-hydrogen) atoms. The molecule has 1 fully saturated rings. The van der Waals surface area contributed by atoms with Gasteiger partial charge in [-0.1, -0.05) is 12.1 Å². The molecule has 1 aromatic carbocycles. The van der Waals surface area contributed by atoms with Crippen molar-refractivity contribution in [1.29, 1.82) is 0 Å². The molecule has 0 radical (unpaired) electrons. The smallest absolute Gasteiger partial charge is 0.316 e. The van der Waals surface area contributed by atoms with Crippen molar-refractivity contribution in [3.63, 3.8) is 0 Å². The molecular weight excluding hydrogens is 235 g/mol. The summed E-state index contributed by atoms with van der Waals surface area (Å²) in [4.78, 5) is 23.8. The van der Waals surface area contributed by atoms with E-state index in [1.807, 2.05) is 0 Å². The zero-order valence-electron chi connectivity index (χ0n) is 10.6. The molecule has 0 unspecified atom stereocenters. The van der Waals surface area contributed by atoms with Gasteiger partial charge in [0.2, 0.25) is 0 Å². The average Bonchev–Trinajstić information content (AvgIpc) is 2.33. The molecule has 0 aliphatic carbocycles. The Morgan fingerprint density at radius 2 is 1.72 bits per heavy atom. The molecule has 0 saturated carbocycles. The monoisotopic (exact) mass is 250 g/mol. The van der Waals surface area contributed by atoms with Gasteiger partial charge in [-0.2, -0.15) is 0 Å². The van der Waals surface area contributed by atoms with Crippen LogP contribution >= 0.6 is 0 Å². The molecule has 0 bridgehead atoms. The maximum Gasteiger partial charge on any atom is 0.316 e. The fraction of sp³-hybridized carbons (Fsp3) is 0.429. The zero-order valence-corrected chi connectivity index (χ0v) is 10.6. The topological polar surface area (TPSA) is 43.4 Å². The third-order valence-electron chi connectivity index (χ3n) is 3.44. The van der Waals surface area contributed by atoms with Gasteiger partial charge in [-0.3, -0.25) is 9.59 Å². The van der Waals surface area contributed by atoms with E-state index in [1.165, 1.54) is 24.3 Å². The van der Waals surface area contributed by atoms with Gasteiger partial charge in [-0.25, -0.2) is 4.39 Å². The quantitative estimate of drug-likeness (QED) is 0.568. The van der Waals surface area contributed by atoms with Crippen molar-refractivity contribution < 1.29 is 18.7 Å². The van der Waals surface area contributed by atoms with E-state index >= 15 is 0 Å². The minimum absolute atomic E-state index is 0.145. The SMILES string of the molecule is C[C@H]1C(=O)O[C@@H](c2ccc(F)cc2)C(C)(C)C1=O. The fourth-order valence-electron chi connectivity index (χ4n) is 2.28. The van der Waals surface area contributed by atoms with Gasteiger partial charge in [-0.15, -0.1) is 0 Å². The molecule has 96 valence electrons. The van der Waals surface area contributed by atoms with Crippen LogP contribution < -0.4 is 0 Å². The van der Waals surface area contributed by atoms with Gasteiger partial charge in [0.1, 0.15) is 17.8 Å². The van der Waals surface area contributed by atoms with Gasteiger partial charge >= 0.3 is 5.97 Å². The number of carbonyl (C=O) groups excluding carboxylic acids is 2. The van der Waals surface area contributed by atoms with E-state index in [0.29, 0.717) is 5.56 Å². The number of esters is 1. The van der Waals surface area contributed by atoms with E-state index in [4.69, 9.17) is 4.74 Å². The van der Waals surface area contributed by atoms with E-state index in [1.54, 1.807) is 20.8 Å². The summed E-state index contributed by atoms with van der Waals surface area (Å²) >= 11 is 0. The third kappa shape index (κ3) is 1.92. The van der Waals surface area contributed by atoms with E-state index in [2.05, 4.69) is 0 Å². The maximum absolute atomic E-state index is 12.9. The lowest BCUT2D eigenvalue weighted by Gasteiger charge is -2.39. The summed E-state index contributed by atoms with van der Waals surface area (Å²) in [6.07, 6.45) is -0.658. The molecule has 4 heteroatoms. The summed E-state index contributed by atoms with van der Waals surface area (Å²) in [5.74, 6) is -1.77. The molecule has 1 aliphatic rings. The summed E-state index contributed by atoms with van der Waals surface area (Å²) in [6.45, 7) is 5.03. The molecule has 2 rings (SSSR count). The molecule has 0 amide bonds. The lowest BCUT2D eigenvalue weighted by atomic mass is 9.73. The van der Waals surface area contributed by atoms with Crippen LogP contribution in [0.1, 0.15) is 32.4 Å². The van der Waals surface area contributed by atoms with Crippen molar-refractivity contribution in [2.75, 3.05) is 0 Å². The van der Waals surface area contributed by atoms with E-state index in [9.17, 15) is 14.0 Å². The highest BCUT2D eigenvalue weighted by Crippen LogP contribution is 2.43. The first-order chi connectivity index (χ1) is 8.34. The average molecular weight is 250 g/mol. The Morgan fingerprint density at radius 1 is 1.17 bits per heavy atom. The first-order valence-corrected chi connectivity index (χ1v) is 5.84. The lowest BCUT2D eigenvalue weighted by Crippen LogP contribution is -2.46. The lowest BCUT2D eigenvalue weighted by molar-refractivity contribution is -0.177. The Labute approximate surface area is 105 Å². The van der Waals surface area contributed by atoms with Crippen molar-refractivity contribution in [1.82, 2.24) is 0 Å². The Balaban J connectivity index is 2.40. The first-order valence-electron chi connectivity index (χ1n) is 5.84. The van der Waals surface area contributed by atoms with Crippen LogP contribution in [0.2, 0.25) is 0 Å². The predicted octanol–water partition coefficient (Wildman–Crippen LogP) is 2.66. The Hall–Kier alpha value is -1.71. The Bertz CT molecular complexity index is 490. The number of ketones is 1. The van der Waals surface area contributed by atoms with Crippen LogP contribution in [-0.2, 0) is 14.3 Å². The maximum atomic E-state index is 12.9. The number of hydrogen-bond donors (Lipinski definition) is 0. The summed E-state index contributed by atoms with van der Waals surface area (Å²) in [5, 5.41) is 0. The number of Topliss-reactive ketones (excluding diaryl/α,β-unsaturated/α-hetero) is 1. The molecule has 0 spiro atoms. The van der Waals surface area contributed by atoms with Gasteiger partial charge < -0.3 is 4.74 Å². The van der Waals surface area contributed by atoms with Gasteiger partial charge in [-0.05, 0) is 38.5 Å². The Kier molecular flexibility index (Phi) is 2.97. The standard InChI is InChI=1S/C14H15FO3/c1-8-11(16)14(2,3)12(18-13(8)17)9-4-6-10(15)7-5-9/h4-8,12H,1-3H3/t8-,12+/m1/s1. The van der Waals surface area contributed by atoms with Crippen LogP contribution in [0.5, 0.6) is 0 Å². The van der Waals surface area contributed by atoms with Gasteiger partial charge in [0.05, 0.1) is 5.41 Å². The second-order valence-electron chi connectivity index (χ2n) is 5.18. The number of halogens is 1. The largest absolute Gasteiger partial charge is 0.456 e. The summed E-state index contributed by atoms with van der Waals surface area (Å²) < 4.78 is 18.2. The van der Waals surface area contributed by atoms with Crippen molar-refractivity contribution in [2.45, 2.75) is 26.9 Å². The molecular formula is C14H15FO3. The molecule has 1 aromatic rings. The summed E-state index contributed by atoms with van der Waals surface area (Å²) in [5.41, 5.74) is -0.166. The van der Waals surface area contributed by atoms with Crippen LogP contribution in [0.4, 0.5) is 4.39 Å². The number of rotatable bonds is 1. The predicted molar refractivity (Wildman–Crippen MR) is 63.2 cm³/mol. The summed E-state index contributed by atoms with van der Waals surface area (Å²) in [7, 11) is 0. The van der Waals surface area contributed by atoms with Crippen LogP contribution in [0, 0.1) is 17.2 Å². The highest BCUT2D eigenvalue weighted by atomic mass is 19.1. The van der Waals surface area contributed by atoms with E-state index < -0.39 is 23.4 Å². The van der Waals surface area contributed by atoms with Crippen molar-refractivity contribution in [2.24, 2.45) is 11.3 Å². The normalized spacial score (nSPS) is 26.9. The zero-order chi connectivity index (χ0) is 13.5. The van der Waals surface area contributed by atoms with Gasteiger partial charge in [0, 0.05) is 0 Å². The number of carbonyl (C=O) groups is 2. The van der Waals surface area contributed by atoms with Gasteiger partial charge in [0.15, 0.2) is 5.78 Å². The highest BCUT2D eigenvalue weighted by Gasteiger charge is 2.49. The van der Waals surface area contributed by atoms with E-state index in [0.717, 1.165) is 0 Å². The van der Waals surface area contributed by atoms with Crippen LogP contribution in [0.25, 0.3) is 0 Å². The minimum Gasteiger partial charge on any atom is -0.456 e. The van der Waals surface area contributed by atoms with Gasteiger partial charge in [0.25, 0.3) is 0 Å². The van der Waals surface area contributed by atoms with Crippen LogP contribution in [-0.4, -0.2) is 11.8 Å². The Morgan fingerprint density at radius 3 is 2.28 bits per heavy atom. The number of benzene rings is 1. The molecule has 0 N–H and O–H groups in total. The molecule has 1 aliphatic heterocycles. The third-order valence-corrected chi connectivity index (χ3v) is 3.44.